The summed E-state index contributed by atoms with van der Waals surface area (Å²) < 4.78 is 11.8. The number of carbonyl (C=O) groups is 1. The summed E-state index contributed by atoms with van der Waals surface area (Å²) >= 11 is 0. The van der Waals surface area contributed by atoms with Gasteiger partial charge in [0.05, 0.1) is 18.6 Å². The Hall–Kier alpha value is -2.07. The molecule has 0 aromatic heterocycles. The van der Waals surface area contributed by atoms with Gasteiger partial charge in [0.25, 0.3) is 0 Å². The molecule has 2 unspecified atom stereocenters. The number of likely N-dealkylation sites (tertiary alicyclic amines) is 1. The fraction of sp³-hybridized carbons (Fsp3) is 0.667. The molecule has 0 N–H and O–H groups in total. The van der Waals surface area contributed by atoms with Crippen molar-refractivity contribution in [3.63, 3.8) is 0 Å². The Balaban J connectivity index is 0.991. The molecular weight excluding hydrogens is 458 g/mol. The summed E-state index contributed by atoms with van der Waals surface area (Å²) in [7, 11) is 0. The second kappa shape index (κ2) is 11.0. The van der Waals surface area contributed by atoms with Crippen LogP contribution < -0.4 is 4.74 Å². The van der Waals surface area contributed by atoms with Crippen LogP contribution in [0, 0.1) is 23.2 Å². The van der Waals surface area contributed by atoms with E-state index < -0.39 is 0 Å². The molecule has 0 bridgehead atoms. The summed E-state index contributed by atoms with van der Waals surface area (Å²) in [5.74, 6) is 2.61. The van der Waals surface area contributed by atoms with Gasteiger partial charge in [-0.05, 0) is 110 Å². The zero-order valence-corrected chi connectivity index (χ0v) is 22.8. The Bertz CT molecular complexity index is 1070. The van der Waals surface area contributed by atoms with E-state index in [1.165, 1.54) is 80.5 Å². The fourth-order valence-corrected chi connectivity index (χ4v) is 8.01. The van der Waals surface area contributed by atoms with E-state index in [9.17, 15) is 4.79 Å². The molecule has 4 nitrogen and oxygen atoms in total. The third-order valence-electron chi connectivity index (χ3n) is 10.2. The molecular formula is C33H45NO3. The van der Waals surface area contributed by atoms with Gasteiger partial charge in [-0.1, -0.05) is 43.9 Å². The molecule has 0 radical (unpaired) electrons. The van der Waals surface area contributed by atoms with Gasteiger partial charge in [-0.15, -0.1) is 0 Å². The summed E-state index contributed by atoms with van der Waals surface area (Å²) in [6.07, 6.45) is 15.8. The van der Waals surface area contributed by atoms with Crippen LogP contribution in [0.1, 0.15) is 89.5 Å². The second-order valence-electron chi connectivity index (χ2n) is 12.7. The van der Waals surface area contributed by atoms with Gasteiger partial charge in [-0.3, -0.25) is 9.69 Å². The first kappa shape index (κ1) is 25.2. The molecule has 2 aromatic rings. The van der Waals surface area contributed by atoms with E-state index in [1.54, 1.807) is 0 Å². The van der Waals surface area contributed by atoms with E-state index in [2.05, 4.69) is 41.3 Å². The van der Waals surface area contributed by atoms with E-state index >= 15 is 0 Å². The van der Waals surface area contributed by atoms with Gasteiger partial charge in [0, 0.05) is 19.6 Å². The Kier molecular flexibility index (Phi) is 7.47. The van der Waals surface area contributed by atoms with Crippen molar-refractivity contribution in [3.05, 3.63) is 42.0 Å². The average molecular weight is 504 g/mol. The summed E-state index contributed by atoms with van der Waals surface area (Å²) in [6.45, 7) is 5.74. The lowest BCUT2D eigenvalue weighted by molar-refractivity contribution is -0.150. The minimum Gasteiger partial charge on any atom is -0.490 e. The minimum absolute atomic E-state index is 0.0318. The van der Waals surface area contributed by atoms with Gasteiger partial charge in [-0.2, -0.15) is 0 Å². The molecule has 6 rings (SSSR count). The lowest BCUT2D eigenvalue weighted by Gasteiger charge is -2.45. The second-order valence-corrected chi connectivity index (χ2v) is 12.7. The van der Waals surface area contributed by atoms with Crippen molar-refractivity contribution in [2.24, 2.45) is 23.2 Å². The van der Waals surface area contributed by atoms with Crippen molar-refractivity contribution in [1.82, 2.24) is 4.90 Å². The van der Waals surface area contributed by atoms with Crippen LogP contribution in [0.15, 0.2) is 36.4 Å². The Morgan fingerprint density at radius 2 is 1.65 bits per heavy atom. The average Bonchev–Trinajstić information content (AvgIpc) is 3.35. The number of hydrogen-bond donors (Lipinski definition) is 0. The van der Waals surface area contributed by atoms with Crippen molar-refractivity contribution in [3.8, 4) is 5.75 Å². The highest BCUT2D eigenvalue weighted by molar-refractivity contribution is 5.84. The van der Waals surface area contributed by atoms with Crippen LogP contribution in [0.25, 0.3) is 10.8 Å². The standard InChI is InChI=1S/C33H45NO3/c1-2-36-32(35)28-7-5-6-25(19-28)29-22-34(23-29)21-24-8-9-27-20-31(11-10-26(27)18-24)37-30-12-16-33(17-13-30)14-3-4-15-33/h8-11,18,20,25,28-30H,2-7,12-17,19,21-23H2,1H3. The monoisotopic (exact) mass is 503 g/mol. The van der Waals surface area contributed by atoms with Crippen LogP contribution in [-0.4, -0.2) is 36.7 Å². The molecule has 3 saturated carbocycles. The minimum atomic E-state index is 0.0318. The van der Waals surface area contributed by atoms with E-state index in [4.69, 9.17) is 9.47 Å². The predicted molar refractivity (Wildman–Crippen MR) is 149 cm³/mol. The van der Waals surface area contributed by atoms with Gasteiger partial charge in [0.1, 0.15) is 5.75 Å². The molecule has 200 valence electrons. The van der Waals surface area contributed by atoms with E-state index in [1.807, 2.05) is 6.92 Å². The number of nitrogens with zero attached hydrogens (tertiary/aromatic N) is 1. The molecule has 1 aliphatic heterocycles. The number of hydrogen-bond acceptors (Lipinski definition) is 4. The lowest BCUT2D eigenvalue weighted by atomic mass is 9.72. The van der Waals surface area contributed by atoms with Crippen molar-refractivity contribution >= 4 is 16.7 Å². The maximum Gasteiger partial charge on any atom is 0.308 e. The molecule has 3 aliphatic carbocycles. The van der Waals surface area contributed by atoms with Gasteiger partial charge in [0.2, 0.25) is 0 Å². The first-order valence-corrected chi connectivity index (χ1v) is 15.2. The summed E-state index contributed by atoms with van der Waals surface area (Å²) in [4.78, 5) is 14.8. The molecule has 1 heterocycles. The van der Waals surface area contributed by atoms with E-state index in [-0.39, 0.29) is 11.9 Å². The van der Waals surface area contributed by atoms with Crippen LogP contribution >= 0.6 is 0 Å². The largest absolute Gasteiger partial charge is 0.490 e. The lowest BCUT2D eigenvalue weighted by Crippen LogP contribution is -2.50. The van der Waals surface area contributed by atoms with Gasteiger partial charge in [0.15, 0.2) is 0 Å². The van der Waals surface area contributed by atoms with Crippen molar-refractivity contribution in [2.75, 3.05) is 19.7 Å². The number of rotatable bonds is 7. The summed E-state index contributed by atoms with van der Waals surface area (Å²) in [6, 6.07) is 13.6. The third-order valence-corrected chi connectivity index (χ3v) is 10.2. The Labute approximate surface area is 223 Å². The van der Waals surface area contributed by atoms with Crippen LogP contribution in [0.5, 0.6) is 5.75 Å². The summed E-state index contributed by atoms with van der Waals surface area (Å²) in [5, 5.41) is 2.58. The summed E-state index contributed by atoms with van der Waals surface area (Å²) in [5.41, 5.74) is 2.05. The molecule has 37 heavy (non-hydrogen) atoms. The van der Waals surface area contributed by atoms with Crippen molar-refractivity contribution in [2.45, 2.75) is 96.6 Å². The molecule has 4 fully saturated rings. The highest BCUT2D eigenvalue weighted by atomic mass is 16.5. The maximum absolute atomic E-state index is 12.2. The molecule has 1 spiro atoms. The zero-order valence-electron chi connectivity index (χ0n) is 22.8. The highest BCUT2D eigenvalue weighted by Crippen LogP contribution is 2.49. The van der Waals surface area contributed by atoms with Gasteiger partial charge in [-0.25, -0.2) is 0 Å². The topological polar surface area (TPSA) is 38.8 Å². The first-order valence-electron chi connectivity index (χ1n) is 15.2. The zero-order chi connectivity index (χ0) is 25.2. The van der Waals surface area contributed by atoms with E-state index in [0.29, 0.717) is 24.0 Å². The Morgan fingerprint density at radius 3 is 2.43 bits per heavy atom. The number of benzene rings is 2. The predicted octanol–water partition coefficient (Wildman–Crippen LogP) is 7.52. The van der Waals surface area contributed by atoms with Crippen LogP contribution in [0.2, 0.25) is 0 Å². The normalized spacial score (nSPS) is 26.8. The number of ether oxygens (including phenoxy) is 2. The maximum atomic E-state index is 12.2. The Morgan fingerprint density at radius 1 is 0.892 bits per heavy atom. The molecule has 2 aromatic carbocycles. The van der Waals surface area contributed by atoms with Gasteiger partial charge >= 0.3 is 5.97 Å². The smallest absolute Gasteiger partial charge is 0.308 e. The first-order chi connectivity index (χ1) is 18.1. The van der Waals surface area contributed by atoms with Crippen LogP contribution in [0.4, 0.5) is 0 Å². The molecule has 0 amide bonds. The number of esters is 1. The third kappa shape index (κ3) is 5.70. The van der Waals surface area contributed by atoms with Gasteiger partial charge < -0.3 is 9.47 Å². The van der Waals surface area contributed by atoms with Crippen LogP contribution in [-0.2, 0) is 16.1 Å². The molecule has 4 aliphatic rings. The number of fused-ring (bicyclic) bond motifs is 1. The molecule has 1 saturated heterocycles. The van der Waals surface area contributed by atoms with Crippen molar-refractivity contribution < 1.29 is 14.3 Å². The SMILES string of the molecule is CCOC(=O)C1CCCC(C2CN(Cc3ccc4cc(OC5CCC6(CCCC6)CC5)ccc4c3)C2)C1. The van der Waals surface area contributed by atoms with E-state index in [0.717, 1.165) is 44.1 Å². The molecule has 4 heteroatoms. The van der Waals surface area contributed by atoms with Crippen molar-refractivity contribution in [1.29, 1.82) is 0 Å². The van der Waals surface area contributed by atoms with Crippen LogP contribution in [0.3, 0.4) is 0 Å². The quantitative estimate of drug-likeness (QED) is 0.366. The fourth-order valence-electron chi connectivity index (χ4n) is 8.01. The number of carbonyl (C=O) groups excluding carboxylic acids is 1. The highest BCUT2D eigenvalue weighted by Gasteiger charge is 2.39. The molecule has 2 atom stereocenters.